The van der Waals surface area contributed by atoms with Crippen molar-refractivity contribution in [1.29, 1.82) is 5.26 Å². The van der Waals surface area contributed by atoms with Gasteiger partial charge >= 0.3 is 5.97 Å². The molecule has 1 aromatic heterocycles. The maximum Gasteiger partial charge on any atom is 0.308 e. The summed E-state index contributed by atoms with van der Waals surface area (Å²) in [5, 5.41) is 20.9. The number of ether oxygens (including phenoxy) is 2. The maximum atomic E-state index is 13.4. The average molecular weight is 450 g/mol. The number of esters is 1. The van der Waals surface area contributed by atoms with Crippen molar-refractivity contribution in [3.63, 3.8) is 0 Å². The zero-order chi connectivity index (χ0) is 23.2. The Morgan fingerprint density at radius 1 is 1.12 bits per heavy atom. The van der Waals surface area contributed by atoms with Crippen molar-refractivity contribution in [2.24, 2.45) is 5.92 Å². The number of benzene rings is 1. The molecule has 1 N–H and O–H groups in total. The van der Waals surface area contributed by atoms with Crippen LogP contribution in [0.25, 0.3) is 11.3 Å². The molecule has 1 aliphatic carbocycles. The summed E-state index contributed by atoms with van der Waals surface area (Å²) < 4.78 is 10.3. The SMILES string of the molecule is COC(=O)C1CCC(NC(=O)c2cc(-c3ccc(C#N)cc3)nnc2N2CCOCC2)CC1. The molecule has 33 heavy (non-hydrogen) atoms. The first-order chi connectivity index (χ1) is 16.1. The van der Waals surface area contributed by atoms with Gasteiger partial charge in [0.15, 0.2) is 5.82 Å². The highest BCUT2D eigenvalue weighted by Gasteiger charge is 2.29. The summed E-state index contributed by atoms with van der Waals surface area (Å²) in [6, 6.07) is 10.9. The van der Waals surface area contributed by atoms with E-state index in [4.69, 9.17) is 14.7 Å². The maximum absolute atomic E-state index is 13.4. The molecule has 0 spiro atoms. The average Bonchev–Trinajstić information content (AvgIpc) is 2.89. The van der Waals surface area contributed by atoms with E-state index in [1.165, 1.54) is 7.11 Å². The van der Waals surface area contributed by atoms with Gasteiger partial charge in [-0.3, -0.25) is 9.59 Å². The molecule has 0 bridgehead atoms. The third kappa shape index (κ3) is 5.29. The molecule has 2 aromatic rings. The smallest absolute Gasteiger partial charge is 0.308 e. The van der Waals surface area contributed by atoms with Crippen LogP contribution in [0.3, 0.4) is 0 Å². The zero-order valence-electron chi connectivity index (χ0n) is 18.6. The summed E-state index contributed by atoms with van der Waals surface area (Å²) in [6.07, 6.45) is 2.83. The van der Waals surface area contributed by atoms with Crippen molar-refractivity contribution in [1.82, 2.24) is 15.5 Å². The van der Waals surface area contributed by atoms with Crippen molar-refractivity contribution in [3.8, 4) is 17.3 Å². The van der Waals surface area contributed by atoms with Crippen LogP contribution in [0.4, 0.5) is 5.82 Å². The highest BCUT2D eigenvalue weighted by Crippen LogP contribution is 2.28. The van der Waals surface area contributed by atoms with Gasteiger partial charge in [-0.05, 0) is 43.9 Å². The molecule has 9 nitrogen and oxygen atoms in total. The van der Waals surface area contributed by atoms with Gasteiger partial charge in [-0.15, -0.1) is 10.2 Å². The van der Waals surface area contributed by atoms with E-state index < -0.39 is 0 Å². The number of amides is 1. The van der Waals surface area contributed by atoms with Crippen LogP contribution >= 0.6 is 0 Å². The van der Waals surface area contributed by atoms with E-state index in [0.29, 0.717) is 61.8 Å². The van der Waals surface area contributed by atoms with Crippen LogP contribution in [0.2, 0.25) is 0 Å². The first-order valence-corrected chi connectivity index (χ1v) is 11.2. The number of aromatic nitrogens is 2. The normalized spacial score (nSPS) is 20.5. The van der Waals surface area contributed by atoms with E-state index in [1.54, 1.807) is 30.3 Å². The second-order valence-corrected chi connectivity index (χ2v) is 8.30. The molecule has 1 amide bonds. The second kappa shape index (κ2) is 10.4. The van der Waals surface area contributed by atoms with Gasteiger partial charge in [0.1, 0.15) is 0 Å². The number of nitrogens with one attached hydrogen (secondary N) is 1. The predicted molar refractivity (Wildman–Crippen MR) is 120 cm³/mol. The number of carbonyl (C=O) groups is 2. The molecule has 1 saturated carbocycles. The van der Waals surface area contributed by atoms with Crippen molar-refractivity contribution >= 4 is 17.7 Å². The quantitative estimate of drug-likeness (QED) is 0.691. The van der Waals surface area contributed by atoms with Gasteiger partial charge < -0.3 is 19.7 Å². The summed E-state index contributed by atoms with van der Waals surface area (Å²) in [7, 11) is 1.41. The van der Waals surface area contributed by atoms with E-state index >= 15 is 0 Å². The van der Waals surface area contributed by atoms with Gasteiger partial charge in [-0.2, -0.15) is 5.26 Å². The molecule has 9 heteroatoms. The number of anilines is 1. The molecule has 4 rings (SSSR count). The molecule has 2 heterocycles. The van der Waals surface area contributed by atoms with E-state index in [9.17, 15) is 9.59 Å². The van der Waals surface area contributed by atoms with Crippen LogP contribution < -0.4 is 10.2 Å². The van der Waals surface area contributed by atoms with E-state index in [-0.39, 0.29) is 23.8 Å². The number of rotatable bonds is 5. The first kappa shape index (κ1) is 22.7. The largest absolute Gasteiger partial charge is 0.469 e. The Morgan fingerprint density at radius 3 is 2.45 bits per heavy atom. The van der Waals surface area contributed by atoms with Crippen molar-refractivity contribution < 1.29 is 19.1 Å². The van der Waals surface area contributed by atoms with Gasteiger partial charge in [0.2, 0.25) is 0 Å². The number of nitrogens with zero attached hydrogens (tertiary/aromatic N) is 4. The Morgan fingerprint density at radius 2 is 1.82 bits per heavy atom. The Balaban J connectivity index is 1.56. The van der Waals surface area contributed by atoms with Crippen molar-refractivity contribution in [2.45, 2.75) is 31.7 Å². The number of nitriles is 1. The summed E-state index contributed by atoms with van der Waals surface area (Å²) in [6.45, 7) is 2.40. The third-order valence-corrected chi connectivity index (χ3v) is 6.24. The second-order valence-electron chi connectivity index (χ2n) is 8.30. The minimum absolute atomic E-state index is 0.0116. The van der Waals surface area contributed by atoms with Gasteiger partial charge in [-0.1, -0.05) is 12.1 Å². The Kier molecular flexibility index (Phi) is 7.15. The van der Waals surface area contributed by atoms with Crippen molar-refractivity contribution in [3.05, 3.63) is 41.5 Å². The highest BCUT2D eigenvalue weighted by molar-refractivity contribution is 6.00. The van der Waals surface area contributed by atoms with Crippen LogP contribution in [0.15, 0.2) is 30.3 Å². The lowest BCUT2D eigenvalue weighted by Crippen LogP contribution is -2.41. The van der Waals surface area contributed by atoms with E-state index in [0.717, 1.165) is 18.4 Å². The summed E-state index contributed by atoms with van der Waals surface area (Å²) in [5.74, 6) is 0.0525. The summed E-state index contributed by atoms with van der Waals surface area (Å²) >= 11 is 0. The van der Waals surface area contributed by atoms with Crippen LogP contribution in [0.1, 0.15) is 41.6 Å². The number of carbonyl (C=O) groups excluding carboxylic acids is 2. The fourth-order valence-electron chi connectivity index (χ4n) is 4.32. The minimum Gasteiger partial charge on any atom is -0.469 e. The topological polar surface area (TPSA) is 117 Å². The molecule has 1 aromatic carbocycles. The molecule has 1 saturated heterocycles. The zero-order valence-corrected chi connectivity index (χ0v) is 18.6. The van der Waals surface area contributed by atoms with Gasteiger partial charge in [-0.25, -0.2) is 0 Å². The fourth-order valence-corrected chi connectivity index (χ4v) is 4.32. The molecular formula is C24H27N5O4. The summed E-state index contributed by atoms with van der Waals surface area (Å²) in [5.41, 5.74) is 2.36. The number of morpholine rings is 1. The van der Waals surface area contributed by atoms with Gasteiger partial charge in [0.05, 0.1) is 49.1 Å². The number of methoxy groups -OCH3 is 1. The molecule has 1 aliphatic heterocycles. The lowest BCUT2D eigenvalue weighted by Gasteiger charge is -2.30. The third-order valence-electron chi connectivity index (χ3n) is 6.24. The molecule has 172 valence electrons. The Hall–Kier alpha value is -3.51. The van der Waals surface area contributed by atoms with Crippen LogP contribution in [-0.2, 0) is 14.3 Å². The molecule has 2 fully saturated rings. The van der Waals surface area contributed by atoms with E-state index in [1.807, 2.05) is 4.90 Å². The predicted octanol–water partition coefficient (Wildman–Crippen LogP) is 2.31. The summed E-state index contributed by atoms with van der Waals surface area (Å²) in [4.78, 5) is 27.2. The van der Waals surface area contributed by atoms with Crippen molar-refractivity contribution in [2.75, 3.05) is 38.3 Å². The molecule has 0 radical (unpaired) electrons. The fraction of sp³-hybridized carbons (Fsp3) is 0.458. The van der Waals surface area contributed by atoms with E-state index in [2.05, 4.69) is 21.6 Å². The molecule has 2 aliphatic rings. The number of hydrogen-bond acceptors (Lipinski definition) is 8. The highest BCUT2D eigenvalue weighted by atomic mass is 16.5. The van der Waals surface area contributed by atoms with Crippen LogP contribution in [0.5, 0.6) is 0 Å². The van der Waals surface area contributed by atoms with Gasteiger partial charge in [0.25, 0.3) is 5.91 Å². The van der Waals surface area contributed by atoms with Crippen LogP contribution in [-0.4, -0.2) is 61.5 Å². The molecular weight excluding hydrogens is 422 g/mol. The number of hydrogen-bond donors (Lipinski definition) is 1. The van der Waals surface area contributed by atoms with Gasteiger partial charge in [0, 0.05) is 24.7 Å². The standard InChI is InChI=1S/C24H27N5O4/c1-32-24(31)18-6-8-19(9-7-18)26-23(30)20-14-21(17-4-2-16(15-25)3-5-17)27-28-22(20)29-10-12-33-13-11-29/h2-5,14,18-19H,6-13H2,1H3,(H,26,30). The molecule has 0 atom stereocenters. The lowest BCUT2D eigenvalue weighted by atomic mass is 9.86. The Bertz CT molecular complexity index is 1040. The first-order valence-electron chi connectivity index (χ1n) is 11.2. The van der Waals surface area contributed by atoms with Crippen LogP contribution in [0, 0.1) is 17.2 Å². The molecule has 0 unspecified atom stereocenters. The minimum atomic E-state index is -0.206. The lowest BCUT2D eigenvalue weighted by molar-refractivity contribution is -0.146. The monoisotopic (exact) mass is 449 g/mol. The Labute approximate surface area is 192 Å².